The van der Waals surface area contributed by atoms with Gasteiger partial charge in [-0.25, -0.2) is 0 Å². The molecule has 0 aliphatic carbocycles. The molecule has 3 nitrogen and oxygen atoms in total. The molecule has 0 saturated heterocycles. The summed E-state index contributed by atoms with van der Waals surface area (Å²) >= 11 is 0. The number of para-hydroxylation sites is 1. The summed E-state index contributed by atoms with van der Waals surface area (Å²) in [5, 5.41) is 8.98. The molecule has 0 aliphatic heterocycles. The van der Waals surface area contributed by atoms with Gasteiger partial charge in [0.25, 0.3) is 0 Å². The van der Waals surface area contributed by atoms with Gasteiger partial charge < -0.3 is 15.6 Å². The SMILES string of the molecule is Cl.N[C@@H](CCO)c1ccccc1OCc1ccccc1. The zero-order valence-electron chi connectivity index (χ0n) is 11.2. The summed E-state index contributed by atoms with van der Waals surface area (Å²) in [5.74, 6) is 0.785. The standard InChI is InChI=1S/C16H19NO2.ClH/c17-15(10-11-18)14-8-4-5-9-16(14)19-12-13-6-2-1-3-7-13;/h1-9,15,18H,10-12,17H2;1H/t15-;/m0./s1. The first-order chi connectivity index (χ1) is 9.31. The van der Waals surface area contributed by atoms with Gasteiger partial charge in [0.05, 0.1) is 0 Å². The van der Waals surface area contributed by atoms with Crippen molar-refractivity contribution in [2.45, 2.75) is 19.1 Å². The van der Waals surface area contributed by atoms with E-state index in [1.807, 2.05) is 54.6 Å². The van der Waals surface area contributed by atoms with E-state index in [1.165, 1.54) is 0 Å². The third kappa shape index (κ3) is 4.53. The van der Waals surface area contributed by atoms with Gasteiger partial charge in [-0.05, 0) is 18.1 Å². The van der Waals surface area contributed by atoms with Crippen LogP contribution in [-0.2, 0) is 6.61 Å². The minimum atomic E-state index is -0.197. The lowest BCUT2D eigenvalue weighted by atomic mass is 10.0. The second kappa shape index (κ2) is 8.59. The Morgan fingerprint density at radius 1 is 1.00 bits per heavy atom. The quantitative estimate of drug-likeness (QED) is 0.860. The fourth-order valence-corrected chi connectivity index (χ4v) is 1.95. The lowest BCUT2D eigenvalue weighted by Gasteiger charge is -2.16. The van der Waals surface area contributed by atoms with Gasteiger partial charge in [0, 0.05) is 18.2 Å². The maximum Gasteiger partial charge on any atom is 0.124 e. The minimum absolute atomic E-state index is 0. The molecule has 4 heteroatoms. The molecule has 0 heterocycles. The third-order valence-corrected chi connectivity index (χ3v) is 3.00. The molecule has 0 bridgehead atoms. The van der Waals surface area contributed by atoms with Crippen molar-refractivity contribution in [2.75, 3.05) is 6.61 Å². The fraction of sp³-hybridized carbons (Fsp3) is 0.250. The van der Waals surface area contributed by atoms with Crippen LogP contribution in [0, 0.1) is 0 Å². The molecule has 1 atom stereocenters. The van der Waals surface area contributed by atoms with Crippen molar-refractivity contribution in [2.24, 2.45) is 5.73 Å². The Kier molecular flexibility index (Phi) is 7.09. The van der Waals surface area contributed by atoms with Crippen molar-refractivity contribution in [3.05, 3.63) is 65.7 Å². The number of halogens is 1. The number of aliphatic hydroxyl groups excluding tert-OH is 1. The zero-order valence-corrected chi connectivity index (χ0v) is 12.1. The van der Waals surface area contributed by atoms with Gasteiger partial charge in [-0.15, -0.1) is 12.4 Å². The molecule has 108 valence electrons. The van der Waals surface area contributed by atoms with Gasteiger partial charge >= 0.3 is 0 Å². The predicted molar refractivity (Wildman–Crippen MR) is 83.1 cm³/mol. The first kappa shape index (κ1) is 16.5. The van der Waals surface area contributed by atoms with Crippen LogP contribution in [0.5, 0.6) is 5.75 Å². The second-order valence-corrected chi connectivity index (χ2v) is 4.43. The molecule has 0 fully saturated rings. The van der Waals surface area contributed by atoms with E-state index in [2.05, 4.69) is 0 Å². The van der Waals surface area contributed by atoms with Gasteiger partial charge in [0.1, 0.15) is 12.4 Å². The highest BCUT2D eigenvalue weighted by Gasteiger charge is 2.11. The Labute approximate surface area is 125 Å². The van der Waals surface area contributed by atoms with Crippen LogP contribution in [0.2, 0.25) is 0 Å². The third-order valence-electron chi connectivity index (χ3n) is 3.00. The van der Waals surface area contributed by atoms with Crippen molar-refractivity contribution in [3.8, 4) is 5.75 Å². The largest absolute Gasteiger partial charge is 0.489 e. The lowest BCUT2D eigenvalue weighted by Crippen LogP contribution is -2.13. The second-order valence-electron chi connectivity index (χ2n) is 4.43. The van der Waals surface area contributed by atoms with E-state index in [4.69, 9.17) is 15.6 Å². The smallest absolute Gasteiger partial charge is 0.124 e. The summed E-state index contributed by atoms with van der Waals surface area (Å²) in [6.45, 7) is 0.595. The van der Waals surface area contributed by atoms with Crippen LogP contribution in [0.1, 0.15) is 23.6 Å². The topological polar surface area (TPSA) is 55.5 Å². The molecule has 2 aromatic rings. The number of hydrogen-bond donors (Lipinski definition) is 2. The van der Waals surface area contributed by atoms with Crippen LogP contribution >= 0.6 is 12.4 Å². The van der Waals surface area contributed by atoms with Crippen molar-refractivity contribution in [3.63, 3.8) is 0 Å². The highest BCUT2D eigenvalue weighted by molar-refractivity contribution is 5.85. The highest BCUT2D eigenvalue weighted by Crippen LogP contribution is 2.26. The average Bonchev–Trinajstić information content (AvgIpc) is 2.47. The van der Waals surface area contributed by atoms with E-state index in [1.54, 1.807) is 0 Å². The Morgan fingerprint density at radius 3 is 2.35 bits per heavy atom. The Bertz CT molecular complexity index is 505. The Balaban J connectivity index is 0.00000200. The normalized spacial score (nSPS) is 11.5. The summed E-state index contributed by atoms with van der Waals surface area (Å²) in [4.78, 5) is 0. The van der Waals surface area contributed by atoms with Crippen molar-refractivity contribution in [1.82, 2.24) is 0 Å². The summed E-state index contributed by atoms with van der Waals surface area (Å²) in [6.07, 6.45) is 0.533. The van der Waals surface area contributed by atoms with Crippen LogP contribution in [0.3, 0.4) is 0 Å². The van der Waals surface area contributed by atoms with Crippen LogP contribution < -0.4 is 10.5 Å². The van der Waals surface area contributed by atoms with E-state index < -0.39 is 0 Å². The Morgan fingerprint density at radius 2 is 1.65 bits per heavy atom. The number of nitrogens with two attached hydrogens (primary N) is 1. The van der Waals surface area contributed by atoms with Crippen molar-refractivity contribution < 1.29 is 9.84 Å². The predicted octanol–water partition coefficient (Wildman–Crippen LogP) is 3.07. The molecule has 0 unspecified atom stereocenters. The summed E-state index contributed by atoms with van der Waals surface area (Å²) < 4.78 is 5.83. The summed E-state index contributed by atoms with van der Waals surface area (Å²) in [6, 6.07) is 17.5. The monoisotopic (exact) mass is 293 g/mol. The van der Waals surface area contributed by atoms with Crippen molar-refractivity contribution >= 4 is 12.4 Å². The Hall–Kier alpha value is -1.55. The molecule has 0 aromatic heterocycles. The van der Waals surface area contributed by atoms with Crippen LogP contribution in [0.4, 0.5) is 0 Å². The van der Waals surface area contributed by atoms with Gasteiger partial charge in [0.15, 0.2) is 0 Å². The van der Waals surface area contributed by atoms with Crippen LogP contribution in [0.15, 0.2) is 54.6 Å². The van der Waals surface area contributed by atoms with Gasteiger partial charge in [-0.3, -0.25) is 0 Å². The molecule has 20 heavy (non-hydrogen) atoms. The molecular weight excluding hydrogens is 274 g/mol. The number of aliphatic hydroxyl groups is 1. The van der Waals surface area contributed by atoms with Crippen molar-refractivity contribution in [1.29, 1.82) is 0 Å². The average molecular weight is 294 g/mol. The van der Waals surface area contributed by atoms with E-state index >= 15 is 0 Å². The fourth-order valence-electron chi connectivity index (χ4n) is 1.95. The first-order valence-electron chi connectivity index (χ1n) is 6.43. The van der Waals surface area contributed by atoms with Crippen LogP contribution in [-0.4, -0.2) is 11.7 Å². The maximum atomic E-state index is 8.98. The summed E-state index contributed by atoms with van der Waals surface area (Å²) in [5.41, 5.74) is 8.09. The highest BCUT2D eigenvalue weighted by atomic mass is 35.5. The zero-order chi connectivity index (χ0) is 13.5. The van der Waals surface area contributed by atoms with E-state index in [0.29, 0.717) is 13.0 Å². The van der Waals surface area contributed by atoms with Gasteiger partial charge in [-0.1, -0.05) is 48.5 Å². The molecule has 0 saturated carbocycles. The lowest BCUT2D eigenvalue weighted by molar-refractivity contribution is 0.270. The molecule has 0 amide bonds. The molecule has 0 radical (unpaired) electrons. The molecule has 0 spiro atoms. The van der Waals surface area contributed by atoms with Gasteiger partial charge in [-0.2, -0.15) is 0 Å². The maximum absolute atomic E-state index is 8.98. The molecule has 0 aliphatic rings. The van der Waals surface area contributed by atoms with E-state index in [0.717, 1.165) is 16.9 Å². The van der Waals surface area contributed by atoms with E-state index in [9.17, 15) is 0 Å². The molecular formula is C16H20ClNO2. The number of rotatable bonds is 6. The molecule has 3 N–H and O–H groups in total. The number of benzene rings is 2. The number of hydrogen-bond acceptors (Lipinski definition) is 3. The molecule has 2 aromatic carbocycles. The number of ether oxygens (including phenoxy) is 1. The van der Waals surface area contributed by atoms with E-state index in [-0.39, 0.29) is 25.1 Å². The van der Waals surface area contributed by atoms with Gasteiger partial charge in [0.2, 0.25) is 0 Å². The minimum Gasteiger partial charge on any atom is -0.489 e. The first-order valence-corrected chi connectivity index (χ1v) is 6.43. The molecule has 2 rings (SSSR count). The van der Waals surface area contributed by atoms with Crippen LogP contribution in [0.25, 0.3) is 0 Å². The summed E-state index contributed by atoms with van der Waals surface area (Å²) in [7, 11) is 0.